The second-order valence-corrected chi connectivity index (χ2v) is 5.30. The molecule has 0 saturated carbocycles. The second-order valence-electron chi connectivity index (χ2n) is 5.30. The van der Waals surface area contributed by atoms with Crippen molar-refractivity contribution in [3.63, 3.8) is 0 Å². The molecule has 0 radical (unpaired) electrons. The first kappa shape index (κ1) is 17.8. The molecule has 0 atom stereocenters. The molecule has 1 N–H and O–H groups in total. The summed E-state index contributed by atoms with van der Waals surface area (Å²) in [5.74, 6) is -0.294. The number of carbonyl (C=O) groups is 1. The van der Waals surface area contributed by atoms with Crippen LogP contribution in [0.15, 0.2) is 60.7 Å². The van der Waals surface area contributed by atoms with Gasteiger partial charge in [0.1, 0.15) is 0 Å². The fraction of sp³-hybridized carbons (Fsp3) is 0.211. The summed E-state index contributed by atoms with van der Waals surface area (Å²) in [5, 5.41) is 2.78. The van der Waals surface area contributed by atoms with Gasteiger partial charge in [0.05, 0.1) is 5.56 Å². The van der Waals surface area contributed by atoms with Gasteiger partial charge in [0.15, 0.2) is 0 Å². The Kier molecular flexibility index (Phi) is 5.79. The van der Waals surface area contributed by atoms with Crippen molar-refractivity contribution < 1.29 is 18.0 Å². The maximum absolute atomic E-state index is 12.7. The first-order chi connectivity index (χ1) is 11.4. The van der Waals surface area contributed by atoms with Crippen LogP contribution in [0.5, 0.6) is 0 Å². The van der Waals surface area contributed by atoms with Crippen LogP contribution in [0.1, 0.15) is 41.3 Å². The number of allylic oxidation sites excluding steroid dienone is 1. The maximum Gasteiger partial charge on any atom is 0.416 e. The third kappa shape index (κ3) is 4.72. The molecular weight excluding hydrogens is 315 g/mol. The number of hydrogen-bond donors (Lipinski definition) is 1. The van der Waals surface area contributed by atoms with Gasteiger partial charge in [-0.05, 0) is 36.2 Å². The minimum absolute atomic E-state index is 0.294. The Morgan fingerprint density at radius 2 is 1.62 bits per heavy atom. The van der Waals surface area contributed by atoms with Crippen LogP contribution in [0.3, 0.4) is 0 Å². The van der Waals surface area contributed by atoms with Gasteiger partial charge in [-0.25, -0.2) is 0 Å². The molecule has 0 aliphatic carbocycles. The van der Waals surface area contributed by atoms with Gasteiger partial charge in [0.2, 0.25) is 0 Å². The van der Waals surface area contributed by atoms with E-state index in [4.69, 9.17) is 0 Å². The number of benzene rings is 2. The Morgan fingerprint density at radius 3 is 2.17 bits per heavy atom. The lowest BCUT2D eigenvalue weighted by Crippen LogP contribution is -2.22. The molecule has 5 heteroatoms. The van der Waals surface area contributed by atoms with Crippen molar-refractivity contribution in [2.24, 2.45) is 0 Å². The summed E-state index contributed by atoms with van der Waals surface area (Å²) in [7, 11) is 0. The minimum atomic E-state index is -4.38. The van der Waals surface area contributed by atoms with E-state index in [9.17, 15) is 18.0 Å². The number of hydrogen-bond acceptors (Lipinski definition) is 1. The second kappa shape index (κ2) is 7.81. The van der Waals surface area contributed by atoms with Gasteiger partial charge in [-0.2, -0.15) is 13.2 Å². The molecule has 2 aromatic rings. The highest BCUT2D eigenvalue weighted by molar-refractivity contribution is 5.99. The van der Waals surface area contributed by atoms with Crippen LogP contribution < -0.4 is 5.32 Å². The van der Waals surface area contributed by atoms with Crippen LogP contribution in [0, 0.1) is 0 Å². The summed E-state index contributed by atoms with van der Waals surface area (Å²) in [6.45, 7) is 1.99. The third-order valence-electron chi connectivity index (χ3n) is 3.44. The molecule has 0 aliphatic heterocycles. The quantitative estimate of drug-likeness (QED) is 0.793. The predicted molar refractivity (Wildman–Crippen MR) is 88.2 cm³/mol. The van der Waals surface area contributed by atoms with E-state index in [2.05, 4.69) is 5.32 Å². The van der Waals surface area contributed by atoms with E-state index < -0.39 is 11.7 Å². The summed E-state index contributed by atoms with van der Waals surface area (Å²) >= 11 is 0. The maximum atomic E-state index is 12.7. The van der Waals surface area contributed by atoms with Crippen LogP contribution in [0.4, 0.5) is 13.2 Å². The van der Waals surface area contributed by atoms with Crippen molar-refractivity contribution >= 4 is 11.6 Å². The van der Waals surface area contributed by atoms with E-state index in [-0.39, 0.29) is 5.91 Å². The van der Waals surface area contributed by atoms with Crippen molar-refractivity contribution in [3.8, 4) is 0 Å². The van der Waals surface area contributed by atoms with E-state index in [0.29, 0.717) is 23.2 Å². The summed E-state index contributed by atoms with van der Waals surface area (Å²) in [4.78, 5) is 12.3. The van der Waals surface area contributed by atoms with E-state index in [1.165, 1.54) is 12.1 Å². The zero-order chi connectivity index (χ0) is 17.6. The number of nitrogens with one attached hydrogen (secondary N) is 1. The van der Waals surface area contributed by atoms with Gasteiger partial charge in [0, 0.05) is 11.3 Å². The van der Waals surface area contributed by atoms with Gasteiger partial charge < -0.3 is 5.32 Å². The van der Waals surface area contributed by atoms with Crippen molar-refractivity contribution in [1.82, 2.24) is 5.32 Å². The molecule has 0 saturated heterocycles. The highest BCUT2D eigenvalue weighted by atomic mass is 19.4. The minimum Gasteiger partial charge on any atom is -0.322 e. The lowest BCUT2D eigenvalue weighted by Gasteiger charge is -2.12. The van der Waals surface area contributed by atoms with E-state index >= 15 is 0 Å². The highest BCUT2D eigenvalue weighted by Crippen LogP contribution is 2.30. The van der Waals surface area contributed by atoms with Crippen molar-refractivity contribution in [1.29, 1.82) is 0 Å². The number of amides is 1. The summed E-state index contributed by atoms with van der Waals surface area (Å²) in [5.41, 5.74) is 0.836. The summed E-state index contributed by atoms with van der Waals surface area (Å²) in [6.07, 6.45) is -0.973. The molecule has 0 unspecified atom stereocenters. The van der Waals surface area contributed by atoms with Gasteiger partial charge in [-0.1, -0.05) is 49.8 Å². The average Bonchev–Trinajstić information content (AvgIpc) is 2.58. The van der Waals surface area contributed by atoms with Crippen LogP contribution in [0.25, 0.3) is 5.70 Å². The SMILES string of the molecule is CCC/C=C(/NC(=O)c1ccccc1)c1ccc(C(F)(F)F)cc1. The molecule has 126 valence electrons. The Labute approximate surface area is 139 Å². The Balaban J connectivity index is 2.24. The van der Waals surface area contributed by atoms with Crippen molar-refractivity contribution in [2.45, 2.75) is 25.9 Å². The number of halogens is 3. The normalized spacial score (nSPS) is 12.1. The van der Waals surface area contributed by atoms with Gasteiger partial charge in [0.25, 0.3) is 5.91 Å². The lowest BCUT2D eigenvalue weighted by molar-refractivity contribution is -0.137. The zero-order valence-corrected chi connectivity index (χ0v) is 13.2. The number of unbranched alkanes of at least 4 members (excludes halogenated alkanes) is 1. The topological polar surface area (TPSA) is 29.1 Å². The smallest absolute Gasteiger partial charge is 0.322 e. The van der Waals surface area contributed by atoms with Gasteiger partial charge in [-0.3, -0.25) is 4.79 Å². The van der Waals surface area contributed by atoms with Crippen LogP contribution >= 0.6 is 0 Å². The molecule has 1 amide bonds. The number of rotatable bonds is 5. The highest BCUT2D eigenvalue weighted by Gasteiger charge is 2.30. The monoisotopic (exact) mass is 333 g/mol. The molecule has 0 aliphatic rings. The average molecular weight is 333 g/mol. The summed E-state index contributed by atoms with van der Waals surface area (Å²) in [6, 6.07) is 13.4. The van der Waals surface area contributed by atoms with Gasteiger partial charge >= 0.3 is 6.18 Å². The first-order valence-corrected chi connectivity index (χ1v) is 7.66. The van der Waals surface area contributed by atoms with Crippen LogP contribution in [-0.2, 0) is 6.18 Å². The molecule has 0 heterocycles. The van der Waals surface area contributed by atoms with Crippen LogP contribution in [0.2, 0.25) is 0 Å². The Bertz CT molecular complexity index is 704. The van der Waals surface area contributed by atoms with E-state index in [1.54, 1.807) is 30.3 Å². The fourth-order valence-corrected chi connectivity index (χ4v) is 2.15. The molecular formula is C19H18F3NO. The van der Waals surface area contributed by atoms with Crippen molar-refractivity contribution in [2.75, 3.05) is 0 Å². The molecule has 0 spiro atoms. The molecule has 2 nitrogen and oxygen atoms in total. The molecule has 0 bridgehead atoms. The van der Waals surface area contributed by atoms with Crippen LogP contribution in [-0.4, -0.2) is 5.91 Å². The molecule has 0 fully saturated rings. The fourth-order valence-electron chi connectivity index (χ4n) is 2.15. The first-order valence-electron chi connectivity index (χ1n) is 7.66. The zero-order valence-electron chi connectivity index (χ0n) is 13.2. The Morgan fingerprint density at radius 1 is 1.00 bits per heavy atom. The summed E-state index contributed by atoms with van der Waals surface area (Å²) < 4.78 is 38.0. The van der Waals surface area contributed by atoms with E-state index in [1.807, 2.05) is 13.0 Å². The Hall–Kier alpha value is -2.56. The predicted octanol–water partition coefficient (Wildman–Crippen LogP) is 5.28. The molecule has 2 rings (SSSR count). The van der Waals surface area contributed by atoms with Gasteiger partial charge in [-0.15, -0.1) is 0 Å². The molecule has 0 aromatic heterocycles. The molecule has 2 aromatic carbocycles. The van der Waals surface area contributed by atoms with Crippen molar-refractivity contribution in [3.05, 3.63) is 77.4 Å². The lowest BCUT2D eigenvalue weighted by atomic mass is 10.1. The largest absolute Gasteiger partial charge is 0.416 e. The number of alkyl halides is 3. The standard InChI is InChI=1S/C19H18F3NO/c1-2-3-9-17(23-18(24)15-7-5-4-6-8-15)14-10-12-16(13-11-14)19(20,21)22/h4-13H,2-3H2,1H3,(H,23,24)/b17-9+. The third-order valence-corrected chi connectivity index (χ3v) is 3.44. The number of carbonyl (C=O) groups excluding carboxylic acids is 1. The van der Waals surface area contributed by atoms with E-state index in [0.717, 1.165) is 18.6 Å². The molecule has 24 heavy (non-hydrogen) atoms.